The Hall–Kier alpha value is -3.19. The molecule has 0 bridgehead atoms. The number of nitrogens with zero attached hydrogens (tertiary/aromatic N) is 4. The first-order valence-corrected chi connectivity index (χ1v) is 9.32. The molecule has 0 spiro atoms. The zero-order valence-corrected chi connectivity index (χ0v) is 15.7. The quantitative estimate of drug-likeness (QED) is 0.517. The number of carbonyl (C=O) groups excluding carboxylic acids is 1. The molecule has 1 fully saturated rings. The second-order valence-corrected chi connectivity index (χ2v) is 7.14. The summed E-state index contributed by atoms with van der Waals surface area (Å²) in [6.07, 6.45) is 0. The average Bonchev–Trinajstić information content (AvgIpc) is 3.05. The standard InChI is InChI=1S/C21H22N4O3/c1-22-19-8-3-2-6-17(19)14-20(22)21(26)24-11-9-23(10-12-24)15-16-5-4-7-18(13-16)25(27)28/h2-8,13-14H,9-12,15H2,1H3. The third kappa shape index (κ3) is 3.48. The maximum atomic E-state index is 13.0. The molecule has 3 aromatic rings. The molecule has 0 saturated carbocycles. The predicted molar refractivity (Wildman–Crippen MR) is 107 cm³/mol. The molecule has 1 aliphatic rings. The summed E-state index contributed by atoms with van der Waals surface area (Å²) < 4.78 is 1.95. The Morgan fingerprint density at radius 3 is 2.50 bits per heavy atom. The molecule has 2 aromatic carbocycles. The van der Waals surface area contributed by atoms with Crippen LogP contribution >= 0.6 is 0 Å². The van der Waals surface area contributed by atoms with Crippen molar-refractivity contribution in [3.8, 4) is 0 Å². The number of hydrogen-bond donors (Lipinski definition) is 0. The van der Waals surface area contributed by atoms with Crippen molar-refractivity contribution in [2.24, 2.45) is 7.05 Å². The molecule has 28 heavy (non-hydrogen) atoms. The van der Waals surface area contributed by atoms with Crippen LogP contribution in [0.1, 0.15) is 16.1 Å². The average molecular weight is 378 g/mol. The lowest BCUT2D eigenvalue weighted by molar-refractivity contribution is -0.384. The van der Waals surface area contributed by atoms with Crippen LogP contribution in [0.4, 0.5) is 5.69 Å². The highest BCUT2D eigenvalue weighted by Crippen LogP contribution is 2.21. The summed E-state index contributed by atoms with van der Waals surface area (Å²) >= 11 is 0. The molecule has 0 aliphatic carbocycles. The number of nitro groups is 1. The van der Waals surface area contributed by atoms with Crippen molar-refractivity contribution in [1.82, 2.24) is 14.4 Å². The van der Waals surface area contributed by atoms with Crippen molar-refractivity contribution >= 4 is 22.5 Å². The van der Waals surface area contributed by atoms with Crippen LogP contribution in [0.3, 0.4) is 0 Å². The summed E-state index contributed by atoms with van der Waals surface area (Å²) in [5.41, 5.74) is 2.79. The van der Waals surface area contributed by atoms with Gasteiger partial charge in [0.25, 0.3) is 11.6 Å². The van der Waals surface area contributed by atoms with Gasteiger partial charge >= 0.3 is 0 Å². The van der Waals surface area contributed by atoms with E-state index in [2.05, 4.69) is 4.90 Å². The van der Waals surface area contributed by atoms with E-state index < -0.39 is 0 Å². The summed E-state index contributed by atoms with van der Waals surface area (Å²) in [6.45, 7) is 3.44. The lowest BCUT2D eigenvalue weighted by atomic mass is 10.1. The van der Waals surface area contributed by atoms with Crippen LogP contribution in [0.5, 0.6) is 0 Å². The Morgan fingerprint density at radius 1 is 1.04 bits per heavy atom. The molecule has 7 nitrogen and oxygen atoms in total. The molecule has 0 atom stereocenters. The fraction of sp³-hybridized carbons (Fsp3) is 0.286. The predicted octanol–water partition coefficient (Wildman–Crippen LogP) is 3.04. The van der Waals surface area contributed by atoms with Crippen LogP contribution in [0.15, 0.2) is 54.6 Å². The highest BCUT2D eigenvalue weighted by atomic mass is 16.6. The number of benzene rings is 2. The van der Waals surface area contributed by atoms with Crippen LogP contribution < -0.4 is 0 Å². The van der Waals surface area contributed by atoms with E-state index in [9.17, 15) is 14.9 Å². The highest BCUT2D eigenvalue weighted by molar-refractivity contribution is 5.98. The third-order valence-corrected chi connectivity index (χ3v) is 5.36. The van der Waals surface area contributed by atoms with Gasteiger partial charge in [-0.05, 0) is 17.7 Å². The summed E-state index contributed by atoms with van der Waals surface area (Å²) in [6, 6.07) is 16.7. The number of fused-ring (bicyclic) bond motifs is 1. The zero-order valence-electron chi connectivity index (χ0n) is 15.7. The Morgan fingerprint density at radius 2 is 1.79 bits per heavy atom. The van der Waals surface area contributed by atoms with Crippen molar-refractivity contribution in [3.63, 3.8) is 0 Å². The topological polar surface area (TPSA) is 71.6 Å². The molecule has 0 unspecified atom stereocenters. The van der Waals surface area contributed by atoms with Gasteiger partial charge in [0.1, 0.15) is 5.69 Å². The van der Waals surface area contributed by atoms with Gasteiger partial charge in [0.2, 0.25) is 0 Å². The Balaban J connectivity index is 1.41. The second kappa shape index (κ2) is 7.44. The summed E-state index contributed by atoms with van der Waals surface area (Å²) in [7, 11) is 1.92. The molecule has 2 heterocycles. The first kappa shape index (κ1) is 18.2. The number of hydrogen-bond acceptors (Lipinski definition) is 4. The lowest BCUT2D eigenvalue weighted by Crippen LogP contribution is -2.48. The van der Waals surface area contributed by atoms with Crippen LogP contribution in [0.2, 0.25) is 0 Å². The minimum absolute atomic E-state index is 0.0497. The van der Waals surface area contributed by atoms with Gasteiger partial charge in [-0.25, -0.2) is 0 Å². The maximum absolute atomic E-state index is 13.0. The largest absolute Gasteiger partial charge is 0.340 e. The molecular formula is C21H22N4O3. The van der Waals surface area contributed by atoms with Crippen molar-refractivity contribution in [2.45, 2.75) is 6.54 Å². The number of aryl methyl sites for hydroxylation is 1. The molecule has 1 aliphatic heterocycles. The number of para-hydroxylation sites is 1. The highest BCUT2D eigenvalue weighted by Gasteiger charge is 2.24. The van der Waals surface area contributed by atoms with Crippen molar-refractivity contribution < 1.29 is 9.72 Å². The summed E-state index contributed by atoms with van der Waals surface area (Å²) in [5.74, 6) is 0.0497. The van der Waals surface area contributed by atoms with Crippen molar-refractivity contribution in [1.29, 1.82) is 0 Å². The van der Waals surface area contributed by atoms with Crippen LogP contribution in [-0.2, 0) is 13.6 Å². The normalized spacial score (nSPS) is 15.1. The monoisotopic (exact) mass is 378 g/mol. The van der Waals surface area contributed by atoms with Crippen molar-refractivity contribution in [3.05, 3.63) is 76.0 Å². The minimum atomic E-state index is -0.371. The summed E-state index contributed by atoms with van der Waals surface area (Å²) in [4.78, 5) is 27.7. The number of nitro benzene ring substituents is 1. The van der Waals surface area contributed by atoms with Gasteiger partial charge in [-0.1, -0.05) is 30.3 Å². The number of non-ortho nitro benzene ring substituents is 1. The van der Waals surface area contributed by atoms with Crippen molar-refractivity contribution in [2.75, 3.05) is 26.2 Å². The molecule has 1 amide bonds. The van der Waals surface area contributed by atoms with E-state index in [-0.39, 0.29) is 16.5 Å². The fourth-order valence-corrected chi connectivity index (χ4v) is 3.79. The van der Waals surface area contributed by atoms with Crippen LogP contribution in [0, 0.1) is 10.1 Å². The Bertz CT molecular complexity index is 1040. The van der Waals surface area contributed by atoms with E-state index in [0.29, 0.717) is 25.3 Å². The Kier molecular flexibility index (Phi) is 4.83. The summed E-state index contributed by atoms with van der Waals surface area (Å²) in [5, 5.41) is 12.0. The first-order chi connectivity index (χ1) is 13.5. The number of amides is 1. The van der Waals surface area contributed by atoms with E-state index in [4.69, 9.17) is 0 Å². The molecule has 7 heteroatoms. The molecule has 144 valence electrons. The number of rotatable bonds is 4. The van der Waals surface area contributed by atoms with Gasteiger partial charge in [-0.2, -0.15) is 0 Å². The van der Waals surface area contributed by atoms with E-state index in [1.165, 1.54) is 6.07 Å². The molecule has 0 radical (unpaired) electrons. The molecule has 4 rings (SSSR count). The lowest BCUT2D eigenvalue weighted by Gasteiger charge is -2.34. The maximum Gasteiger partial charge on any atom is 0.270 e. The van der Waals surface area contributed by atoms with Gasteiger partial charge in [-0.3, -0.25) is 19.8 Å². The third-order valence-electron chi connectivity index (χ3n) is 5.36. The van der Waals surface area contributed by atoms with Gasteiger partial charge < -0.3 is 9.47 Å². The van der Waals surface area contributed by atoms with Gasteiger partial charge in [0.05, 0.1) is 4.92 Å². The van der Waals surface area contributed by atoms with E-state index in [1.54, 1.807) is 12.1 Å². The fourth-order valence-electron chi connectivity index (χ4n) is 3.79. The number of carbonyl (C=O) groups is 1. The first-order valence-electron chi connectivity index (χ1n) is 9.32. The number of aromatic nitrogens is 1. The molecule has 1 saturated heterocycles. The van der Waals surface area contributed by atoms with Gasteiger partial charge in [-0.15, -0.1) is 0 Å². The van der Waals surface area contributed by atoms with Gasteiger partial charge in [0, 0.05) is 62.8 Å². The SMILES string of the molecule is Cn1c(C(=O)N2CCN(Cc3cccc([N+](=O)[O-])c3)CC2)cc2ccccc21. The van der Waals surface area contributed by atoms with Crippen LogP contribution in [0.25, 0.3) is 10.9 Å². The van der Waals surface area contributed by atoms with E-state index in [0.717, 1.165) is 29.6 Å². The Labute approximate surface area is 162 Å². The van der Waals surface area contributed by atoms with E-state index >= 15 is 0 Å². The van der Waals surface area contributed by atoms with Gasteiger partial charge in [0.15, 0.2) is 0 Å². The van der Waals surface area contributed by atoms with E-state index in [1.807, 2.05) is 52.9 Å². The molecule has 1 aromatic heterocycles. The molecular weight excluding hydrogens is 356 g/mol. The number of piperazine rings is 1. The second-order valence-electron chi connectivity index (χ2n) is 7.14. The van der Waals surface area contributed by atoms with Crippen LogP contribution in [-0.4, -0.2) is 51.4 Å². The minimum Gasteiger partial charge on any atom is -0.340 e. The molecule has 0 N–H and O–H groups in total. The zero-order chi connectivity index (χ0) is 19.7. The smallest absolute Gasteiger partial charge is 0.270 e.